The van der Waals surface area contributed by atoms with E-state index in [2.05, 4.69) is 5.16 Å². The number of hydrogen-bond donors (Lipinski definition) is 0. The van der Waals surface area contributed by atoms with Crippen LogP contribution in [0.2, 0.25) is 0 Å². The lowest BCUT2D eigenvalue weighted by Gasteiger charge is -2.31. The van der Waals surface area contributed by atoms with E-state index >= 15 is 0 Å². The topological polar surface area (TPSA) is 75.9 Å². The standard InChI is InChI=1S/C21H21N3O4/c25-19-11-18-21(24(19)12-17(27-21)14-4-2-1-3-5-14)8-9-23(18)20(26)16-10-15(22-28-16)13-6-7-13/h1-5,10,13,17-18H,6-9,11-12H2/t17-,18+,21-/m0/s1. The van der Waals surface area contributed by atoms with Crippen molar-refractivity contribution in [1.82, 2.24) is 15.0 Å². The van der Waals surface area contributed by atoms with Gasteiger partial charge in [-0.05, 0) is 18.4 Å². The summed E-state index contributed by atoms with van der Waals surface area (Å²) >= 11 is 0. The van der Waals surface area contributed by atoms with Crippen LogP contribution < -0.4 is 0 Å². The molecule has 3 atom stereocenters. The first kappa shape index (κ1) is 16.3. The maximum atomic E-state index is 13.1. The zero-order chi connectivity index (χ0) is 18.9. The third-order valence-corrected chi connectivity index (χ3v) is 6.60. The van der Waals surface area contributed by atoms with Crippen LogP contribution in [-0.4, -0.2) is 51.6 Å². The summed E-state index contributed by atoms with van der Waals surface area (Å²) in [6.45, 7) is 1.09. The Morgan fingerprint density at radius 2 is 2.04 bits per heavy atom. The molecule has 1 aromatic carbocycles. The number of benzene rings is 1. The lowest BCUT2D eigenvalue weighted by molar-refractivity contribution is -0.138. The third-order valence-electron chi connectivity index (χ3n) is 6.60. The van der Waals surface area contributed by atoms with Crippen LogP contribution in [0.25, 0.3) is 0 Å². The van der Waals surface area contributed by atoms with Gasteiger partial charge in [-0.3, -0.25) is 9.59 Å². The first-order valence-corrected chi connectivity index (χ1v) is 9.96. The number of rotatable bonds is 3. The number of aromatic nitrogens is 1. The van der Waals surface area contributed by atoms with E-state index in [9.17, 15) is 9.59 Å². The number of ether oxygens (including phenoxy) is 1. The van der Waals surface area contributed by atoms with Crippen molar-refractivity contribution in [2.75, 3.05) is 13.1 Å². The second-order valence-electron chi connectivity index (χ2n) is 8.23. The summed E-state index contributed by atoms with van der Waals surface area (Å²) in [5, 5.41) is 4.06. The first-order chi connectivity index (χ1) is 13.7. The van der Waals surface area contributed by atoms with Gasteiger partial charge in [-0.15, -0.1) is 0 Å². The Bertz CT molecular complexity index is 954. The summed E-state index contributed by atoms with van der Waals surface area (Å²) < 4.78 is 11.8. The summed E-state index contributed by atoms with van der Waals surface area (Å²) in [7, 11) is 0. The molecule has 2 amide bonds. The Kier molecular flexibility index (Phi) is 3.30. The van der Waals surface area contributed by atoms with Crippen molar-refractivity contribution in [3.05, 3.63) is 53.4 Å². The molecule has 1 aliphatic carbocycles. The van der Waals surface area contributed by atoms with E-state index in [-0.39, 0.29) is 29.7 Å². The molecule has 0 radical (unpaired) electrons. The molecule has 4 aliphatic rings. The average Bonchev–Trinajstić information content (AvgIpc) is 3.08. The van der Waals surface area contributed by atoms with Gasteiger partial charge in [-0.2, -0.15) is 0 Å². The summed E-state index contributed by atoms with van der Waals surface area (Å²) in [6, 6.07) is 11.5. The molecular formula is C21H21N3O4. The number of carbonyl (C=O) groups excluding carboxylic acids is 2. The first-order valence-electron chi connectivity index (χ1n) is 9.96. The van der Waals surface area contributed by atoms with Crippen molar-refractivity contribution in [1.29, 1.82) is 0 Å². The van der Waals surface area contributed by atoms with Gasteiger partial charge in [0, 0.05) is 24.9 Å². The number of carbonyl (C=O) groups is 2. The van der Waals surface area contributed by atoms with Crippen molar-refractivity contribution in [3.63, 3.8) is 0 Å². The predicted molar refractivity (Wildman–Crippen MR) is 97.2 cm³/mol. The minimum absolute atomic E-state index is 0.0529. The summed E-state index contributed by atoms with van der Waals surface area (Å²) in [5.41, 5.74) is 1.21. The van der Waals surface area contributed by atoms with Crippen molar-refractivity contribution >= 4 is 11.8 Å². The molecule has 144 valence electrons. The Morgan fingerprint density at radius 3 is 2.82 bits per heavy atom. The van der Waals surface area contributed by atoms with E-state index in [4.69, 9.17) is 9.26 Å². The SMILES string of the molecule is O=C(c1cc(C2CC2)no1)N1CC[C@@]23O[C@H](c4ccccc4)CN2C(=O)C[C@@H]13. The van der Waals surface area contributed by atoms with Crippen LogP contribution in [0, 0.1) is 0 Å². The molecule has 7 heteroatoms. The highest BCUT2D eigenvalue weighted by Gasteiger charge is 2.65. The molecule has 2 aromatic rings. The van der Waals surface area contributed by atoms with Gasteiger partial charge in [0.15, 0.2) is 5.72 Å². The van der Waals surface area contributed by atoms with Crippen LogP contribution in [0.5, 0.6) is 0 Å². The minimum atomic E-state index is -0.716. The zero-order valence-electron chi connectivity index (χ0n) is 15.4. The molecule has 0 bridgehead atoms. The average molecular weight is 379 g/mol. The molecule has 1 saturated carbocycles. The molecule has 7 nitrogen and oxygen atoms in total. The highest BCUT2D eigenvalue weighted by atomic mass is 16.5. The molecular weight excluding hydrogens is 358 g/mol. The van der Waals surface area contributed by atoms with Gasteiger partial charge in [0.25, 0.3) is 5.91 Å². The number of amides is 2. The van der Waals surface area contributed by atoms with Crippen molar-refractivity contribution < 1.29 is 18.8 Å². The van der Waals surface area contributed by atoms with E-state index in [0.29, 0.717) is 31.8 Å². The van der Waals surface area contributed by atoms with Gasteiger partial charge < -0.3 is 19.1 Å². The fourth-order valence-electron chi connectivity index (χ4n) is 5.01. The second kappa shape index (κ2) is 5.67. The van der Waals surface area contributed by atoms with Gasteiger partial charge in [0.2, 0.25) is 11.7 Å². The van der Waals surface area contributed by atoms with Crippen LogP contribution in [-0.2, 0) is 9.53 Å². The molecule has 1 aromatic heterocycles. The van der Waals surface area contributed by atoms with Crippen molar-refractivity contribution in [3.8, 4) is 0 Å². The monoisotopic (exact) mass is 379 g/mol. The zero-order valence-corrected chi connectivity index (χ0v) is 15.4. The van der Waals surface area contributed by atoms with E-state index in [1.807, 2.05) is 35.2 Å². The molecule has 1 spiro atoms. The smallest absolute Gasteiger partial charge is 0.292 e. The van der Waals surface area contributed by atoms with Crippen molar-refractivity contribution in [2.45, 2.75) is 49.5 Å². The molecule has 0 unspecified atom stereocenters. The van der Waals surface area contributed by atoms with Crippen LogP contribution in [0.4, 0.5) is 0 Å². The van der Waals surface area contributed by atoms with Gasteiger partial charge in [-0.25, -0.2) is 0 Å². The van der Waals surface area contributed by atoms with Gasteiger partial charge in [0.1, 0.15) is 6.10 Å². The third kappa shape index (κ3) is 2.22. The van der Waals surface area contributed by atoms with E-state index in [0.717, 1.165) is 24.1 Å². The lowest BCUT2D eigenvalue weighted by atomic mass is 10.1. The summed E-state index contributed by atoms with van der Waals surface area (Å²) in [4.78, 5) is 29.4. The largest absolute Gasteiger partial charge is 0.351 e. The highest BCUT2D eigenvalue weighted by Crippen LogP contribution is 2.51. The van der Waals surface area contributed by atoms with E-state index in [1.54, 1.807) is 11.0 Å². The second-order valence-corrected chi connectivity index (χ2v) is 8.23. The van der Waals surface area contributed by atoms with Crippen LogP contribution in [0.3, 0.4) is 0 Å². The van der Waals surface area contributed by atoms with Gasteiger partial charge in [0.05, 0.1) is 24.7 Å². The van der Waals surface area contributed by atoms with Crippen LogP contribution in [0.1, 0.15) is 59.5 Å². The van der Waals surface area contributed by atoms with Gasteiger partial charge in [-0.1, -0.05) is 35.5 Å². The molecule has 0 N–H and O–H groups in total. The molecule has 3 saturated heterocycles. The number of nitrogens with zero attached hydrogens (tertiary/aromatic N) is 3. The van der Waals surface area contributed by atoms with Crippen molar-refractivity contribution in [2.24, 2.45) is 0 Å². The molecule has 4 fully saturated rings. The maximum absolute atomic E-state index is 13.1. The molecule has 4 heterocycles. The fraction of sp³-hybridized carbons (Fsp3) is 0.476. The summed E-state index contributed by atoms with van der Waals surface area (Å²) in [6.07, 6.45) is 2.98. The minimum Gasteiger partial charge on any atom is -0.351 e. The predicted octanol–water partition coefficient (Wildman–Crippen LogP) is 2.47. The highest BCUT2D eigenvalue weighted by molar-refractivity contribution is 5.93. The van der Waals surface area contributed by atoms with E-state index in [1.165, 1.54) is 0 Å². The lowest BCUT2D eigenvalue weighted by Crippen LogP contribution is -2.48. The Balaban J connectivity index is 1.28. The molecule has 6 rings (SSSR count). The fourth-order valence-corrected chi connectivity index (χ4v) is 5.01. The normalized spacial score (nSPS) is 31.4. The van der Waals surface area contributed by atoms with Crippen LogP contribution >= 0.6 is 0 Å². The Labute approximate surface area is 162 Å². The Morgan fingerprint density at radius 1 is 1.21 bits per heavy atom. The summed E-state index contributed by atoms with van der Waals surface area (Å²) in [5.74, 6) is 0.561. The molecule has 28 heavy (non-hydrogen) atoms. The number of likely N-dealkylation sites (tertiary alicyclic amines) is 1. The Hall–Kier alpha value is -2.67. The maximum Gasteiger partial charge on any atom is 0.292 e. The van der Waals surface area contributed by atoms with Crippen LogP contribution in [0.15, 0.2) is 40.9 Å². The number of hydrogen-bond acceptors (Lipinski definition) is 5. The quantitative estimate of drug-likeness (QED) is 0.819. The van der Waals surface area contributed by atoms with E-state index < -0.39 is 5.72 Å². The van der Waals surface area contributed by atoms with Gasteiger partial charge >= 0.3 is 0 Å². The molecule has 3 aliphatic heterocycles.